The third-order valence-electron chi connectivity index (χ3n) is 6.25. The molecular formula is C24H20FNO. The quantitative estimate of drug-likeness (QED) is 0.649. The fourth-order valence-corrected chi connectivity index (χ4v) is 5.00. The lowest BCUT2D eigenvalue weighted by Gasteiger charge is -2.50. The van der Waals surface area contributed by atoms with Crippen LogP contribution in [0.4, 0.5) is 10.1 Å². The van der Waals surface area contributed by atoms with E-state index in [9.17, 15) is 9.18 Å². The molecule has 27 heavy (non-hydrogen) atoms. The topological polar surface area (TPSA) is 29.1 Å². The first-order valence-corrected chi connectivity index (χ1v) is 9.32. The lowest BCUT2D eigenvalue weighted by Crippen LogP contribution is -2.47. The second-order valence-corrected chi connectivity index (χ2v) is 7.83. The zero-order chi connectivity index (χ0) is 18.6. The van der Waals surface area contributed by atoms with Gasteiger partial charge in [-0.15, -0.1) is 0 Å². The molecule has 3 aliphatic rings. The first-order valence-electron chi connectivity index (χ1n) is 9.32. The van der Waals surface area contributed by atoms with E-state index in [0.29, 0.717) is 5.69 Å². The van der Waals surface area contributed by atoms with E-state index in [-0.39, 0.29) is 23.6 Å². The lowest BCUT2D eigenvalue weighted by atomic mass is 9.52. The van der Waals surface area contributed by atoms with Crippen LogP contribution in [0.5, 0.6) is 0 Å². The van der Waals surface area contributed by atoms with Gasteiger partial charge in [-0.25, -0.2) is 4.39 Å². The van der Waals surface area contributed by atoms with Crippen LogP contribution in [0.2, 0.25) is 0 Å². The summed E-state index contributed by atoms with van der Waals surface area (Å²) >= 11 is 0. The Morgan fingerprint density at radius 3 is 1.96 bits per heavy atom. The van der Waals surface area contributed by atoms with Crippen LogP contribution in [0.25, 0.3) is 0 Å². The molecule has 1 atom stereocenters. The number of carbonyl (C=O) groups is 1. The summed E-state index contributed by atoms with van der Waals surface area (Å²) in [6.07, 6.45) is 0.777. The van der Waals surface area contributed by atoms with Gasteiger partial charge in [0.1, 0.15) is 5.82 Å². The highest BCUT2D eigenvalue weighted by Gasteiger charge is 2.53. The summed E-state index contributed by atoms with van der Waals surface area (Å²) < 4.78 is 13.2. The first-order chi connectivity index (χ1) is 13.1. The van der Waals surface area contributed by atoms with Crippen molar-refractivity contribution < 1.29 is 9.18 Å². The van der Waals surface area contributed by atoms with Crippen molar-refractivity contribution in [1.82, 2.24) is 0 Å². The van der Waals surface area contributed by atoms with E-state index >= 15 is 0 Å². The van der Waals surface area contributed by atoms with E-state index in [1.807, 2.05) is 0 Å². The zero-order valence-electron chi connectivity index (χ0n) is 15.1. The smallest absolute Gasteiger partial charge is 0.231 e. The Labute approximate surface area is 158 Å². The van der Waals surface area contributed by atoms with E-state index in [1.54, 1.807) is 12.1 Å². The van der Waals surface area contributed by atoms with Crippen LogP contribution in [0.1, 0.15) is 47.4 Å². The average Bonchev–Trinajstić information content (AvgIpc) is 2.70. The maximum absolute atomic E-state index is 13.4. The Bertz CT molecular complexity index is 995. The minimum Gasteiger partial charge on any atom is -0.326 e. The van der Waals surface area contributed by atoms with Gasteiger partial charge >= 0.3 is 0 Å². The molecule has 0 saturated heterocycles. The van der Waals surface area contributed by atoms with Gasteiger partial charge in [-0.3, -0.25) is 4.79 Å². The fourth-order valence-electron chi connectivity index (χ4n) is 5.00. The maximum Gasteiger partial charge on any atom is 0.231 e. The molecule has 0 aromatic heterocycles. The molecule has 3 aromatic carbocycles. The number of amides is 1. The van der Waals surface area contributed by atoms with Crippen molar-refractivity contribution in [2.75, 3.05) is 5.32 Å². The molecule has 1 amide bonds. The van der Waals surface area contributed by atoms with E-state index in [4.69, 9.17) is 0 Å². The van der Waals surface area contributed by atoms with Crippen LogP contribution < -0.4 is 5.32 Å². The van der Waals surface area contributed by atoms with Crippen LogP contribution in [0.3, 0.4) is 0 Å². The number of benzene rings is 3. The van der Waals surface area contributed by atoms with Crippen molar-refractivity contribution in [3.63, 3.8) is 0 Å². The second kappa shape index (κ2) is 5.78. The number of nitrogens with one attached hydrogen (secondary N) is 1. The minimum atomic E-state index is -0.554. The highest BCUT2D eigenvalue weighted by atomic mass is 19.1. The Balaban J connectivity index is 1.59. The van der Waals surface area contributed by atoms with Gasteiger partial charge in [0.25, 0.3) is 0 Å². The van der Waals surface area contributed by atoms with E-state index < -0.39 is 5.41 Å². The molecule has 6 rings (SSSR count). The maximum atomic E-state index is 13.4. The first kappa shape index (κ1) is 16.2. The van der Waals surface area contributed by atoms with Gasteiger partial charge < -0.3 is 5.32 Å². The molecule has 0 fully saturated rings. The van der Waals surface area contributed by atoms with Crippen LogP contribution >= 0.6 is 0 Å². The van der Waals surface area contributed by atoms with Crippen molar-refractivity contribution in [2.24, 2.45) is 5.41 Å². The van der Waals surface area contributed by atoms with Crippen molar-refractivity contribution in [3.05, 3.63) is 101 Å². The van der Waals surface area contributed by atoms with Gasteiger partial charge in [0, 0.05) is 17.5 Å². The predicted molar refractivity (Wildman–Crippen MR) is 104 cm³/mol. The number of carbonyl (C=O) groups excluding carboxylic acids is 1. The lowest BCUT2D eigenvalue weighted by molar-refractivity contribution is -0.126. The zero-order valence-corrected chi connectivity index (χ0v) is 15.1. The number of hydrogen-bond donors (Lipinski definition) is 1. The van der Waals surface area contributed by atoms with Crippen LogP contribution in [0, 0.1) is 11.2 Å². The van der Waals surface area contributed by atoms with Crippen LogP contribution in [0.15, 0.2) is 72.8 Å². The molecule has 3 heteroatoms. The number of halogens is 1. The minimum absolute atomic E-state index is 0.00638. The third-order valence-corrected chi connectivity index (χ3v) is 6.25. The van der Waals surface area contributed by atoms with Crippen LogP contribution in [-0.4, -0.2) is 5.91 Å². The summed E-state index contributed by atoms with van der Waals surface area (Å²) in [5, 5.41) is 3.02. The monoisotopic (exact) mass is 357 g/mol. The molecule has 0 aliphatic heterocycles. The number of hydrogen-bond acceptors (Lipinski definition) is 1. The summed E-state index contributed by atoms with van der Waals surface area (Å²) in [6, 6.07) is 22.9. The Morgan fingerprint density at radius 1 is 0.889 bits per heavy atom. The molecule has 3 aliphatic carbocycles. The van der Waals surface area contributed by atoms with E-state index in [1.165, 1.54) is 34.4 Å². The third kappa shape index (κ3) is 2.34. The van der Waals surface area contributed by atoms with Crippen molar-refractivity contribution >= 4 is 11.6 Å². The SMILES string of the molecule is C[C@]1(C(=O)Nc2ccc(F)cc2)CC2c3ccccc3C1c1ccccc12. The number of anilines is 1. The summed E-state index contributed by atoms with van der Waals surface area (Å²) in [5.41, 5.74) is 5.27. The molecule has 0 unspecified atom stereocenters. The Kier molecular flexibility index (Phi) is 3.48. The molecule has 0 radical (unpaired) electrons. The number of fused-ring (bicyclic) bond motifs is 1. The molecule has 134 valence electrons. The second-order valence-electron chi connectivity index (χ2n) is 7.83. The molecule has 0 heterocycles. The molecule has 0 saturated carbocycles. The summed E-state index contributed by atoms with van der Waals surface area (Å²) in [5.74, 6) is -0.0615. The molecule has 0 spiro atoms. The van der Waals surface area contributed by atoms with Crippen molar-refractivity contribution in [1.29, 1.82) is 0 Å². The van der Waals surface area contributed by atoms with Gasteiger partial charge in [-0.1, -0.05) is 48.5 Å². The van der Waals surface area contributed by atoms with Gasteiger partial charge in [-0.05, 0) is 59.9 Å². The Morgan fingerprint density at radius 2 is 1.41 bits per heavy atom. The summed E-state index contributed by atoms with van der Waals surface area (Å²) in [7, 11) is 0. The highest BCUT2D eigenvalue weighted by molar-refractivity contribution is 5.97. The molecule has 1 N–H and O–H groups in total. The van der Waals surface area contributed by atoms with Crippen molar-refractivity contribution in [3.8, 4) is 0 Å². The van der Waals surface area contributed by atoms with Gasteiger partial charge in [0.2, 0.25) is 5.91 Å². The number of rotatable bonds is 2. The highest BCUT2D eigenvalue weighted by Crippen LogP contribution is 2.61. The Hall–Kier alpha value is -2.94. The standard InChI is InChI=1S/C24H20FNO/c1-24(23(27)26-16-12-10-15(25)11-13-16)14-21-17-6-2-4-8-19(17)22(24)20-9-5-3-7-18(20)21/h2-13,21-22H,14H2,1H3,(H,26,27)/t21?,22?,24-/m0/s1. The van der Waals surface area contributed by atoms with Crippen LogP contribution in [-0.2, 0) is 4.79 Å². The van der Waals surface area contributed by atoms with Gasteiger partial charge in [0.05, 0.1) is 5.41 Å². The van der Waals surface area contributed by atoms with Crippen molar-refractivity contribution in [2.45, 2.75) is 25.2 Å². The molecule has 3 aromatic rings. The normalized spacial score (nSPS) is 24.8. The predicted octanol–water partition coefficient (Wildman–Crippen LogP) is 5.45. The van der Waals surface area contributed by atoms with E-state index in [2.05, 4.69) is 60.8 Å². The largest absolute Gasteiger partial charge is 0.326 e. The molecule has 2 nitrogen and oxygen atoms in total. The summed E-state index contributed by atoms with van der Waals surface area (Å²) in [4.78, 5) is 13.4. The molecule has 2 bridgehead atoms. The van der Waals surface area contributed by atoms with E-state index in [0.717, 1.165) is 6.42 Å². The average molecular weight is 357 g/mol. The fraction of sp³-hybridized carbons (Fsp3) is 0.208. The summed E-state index contributed by atoms with van der Waals surface area (Å²) in [6.45, 7) is 2.06. The van der Waals surface area contributed by atoms with Gasteiger partial charge in [-0.2, -0.15) is 0 Å². The molecular weight excluding hydrogens is 337 g/mol. The van der Waals surface area contributed by atoms with Gasteiger partial charge in [0.15, 0.2) is 0 Å².